The first-order valence-electron chi connectivity index (χ1n) is 17.4. The Labute approximate surface area is 307 Å². The van der Waals surface area contributed by atoms with Crippen LogP contribution in [0.25, 0.3) is 5.69 Å². The standard InChI is InChI=1S/C48H33NS2/c1-6-20-34(21-7-1)47(35-22-8-2-9-23-35)39-30-16-18-32-41(39)50-45-43(47)44-46(49(45)38-28-14-5-15-29-38)51-42-33-19-17-31-40(42)48(44,36-24-10-3-11-25-36)37-26-12-4-13-27-37/h1-33H. The Morgan fingerprint density at radius 3 is 0.961 bits per heavy atom. The second-order valence-electron chi connectivity index (χ2n) is 13.2. The molecule has 51 heavy (non-hydrogen) atoms. The predicted octanol–water partition coefficient (Wildman–Crippen LogP) is 12.2. The Hall–Kier alpha value is -5.48. The highest BCUT2D eigenvalue weighted by Crippen LogP contribution is 2.66. The van der Waals surface area contributed by atoms with Crippen molar-refractivity contribution in [2.24, 2.45) is 0 Å². The van der Waals surface area contributed by atoms with Gasteiger partial charge in [-0.05, 0) is 57.6 Å². The Balaban J connectivity index is 1.50. The summed E-state index contributed by atoms with van der Waals surface area (Å²) in [4.78, 5) is 2.55. The molecule has 10 rings (SSSR count). The van der Waals surface area contributed by atoms with Crippen molar-refractivity contribution < 1.29 is 0 Å². The zero-order chi connectivity index (χ0) is 33.8. The van der Waals surface area contributed by atoms with E-state index in [1.165, 1.54) is 70.0 Å². The summed E-state index contributed by atoms with van der Waals surface area (Å²) in [6.45, 7) is 0. The lowest BCUT2D eigenvalue weighted by Crippen LogP contribution is -2.40. The zero-order valence-corrected chi connectivity index (χ0v) is 29.4. The molecule has 0 atom stereocenters. The molecule has 0 unspecified atom stereocenters. The third-order valence-electron chi connectivity index (χ3n) is 10.7. The van der Waals surface area contributed by atoms with Crippen LogP contribution in [0.1, 0.15) is 44.5 Å². The van der Waals surface area contributed by atoms with Crippen molar-refractivity contribution in [1.29, 1.82) is 0 Å². The van der Waals surface area contributed by atoms with E-state index in [4.69, 9.17) is 0 Å². The van der Waals surface area contributed by atoms with E-state index in [-0.39, 0.29) is 0 Å². The summed E-state index contributed by atoms with van der Waals surface area (Å²) < 4.78 is 2.58. The lowest BCUT2D eigenvalue weighted by Gasteiger charge is -2.46. The van der Waals surface area contributed by atoms with Crippen molar-refractivity contribution in [1.82, 2.24) is 4.57 Å². The maximum absolute atomic E-state index is 2.58. The first kappa shape index (κ1) is 30.4. The molecule has 242 valence electrons. The summed E-state index contributed by atoms with van der Waals surface area (Å²) in [6.07, 6.45) is 0. The lowest BCUT2D eigenvalue weighted by atomic mass is 9.58. The van der Waals surface area contributed by atoms with E-state index >= 15 is 0 Å². The normalized spacial score (nSPS) is 14.8. The molecule has 2 aliphatic heterocycles. The van der Waals surface area contributed by atoms with Gasteiger partial charge in [0.05, 0.1) is 20.9 Å². The molecule has 0 amide bonds. The van der Waals surface area contributed by atoms with Gasteiger partial charge in [0.25, 0.3) is 0 Å². The van der Waals surface area contributed by atoms with E-state index in [9.17, 15) is 0 Å². The highest BCUT2D eigenvalue weighted by molar-refractivity contribution is 8.00. The molecule has 0 bridgehead atoms. The highest BCUT2D eigenvalue weighted by atomic mass is 32.2. The fourth-order valence-corrected chi connectivity index (χ4v) is 11.4. The zero-order valence-electron chi connectivity index (χ0n) is 27.8. The van der Waals surface area contributed by atoms with Crippen molar-refractivity contribution in [2.75, 3.05) is 0 Å². The van der Waals surface area contributed by atoms with Crippen molar-refractivity contribution in [3.8, 4) is 5.69 Å². The fraction of sp³-hybridized carbons (Fsp3) is 0.0417. The Bertz CT molecular complexity index is 2270. The van der Waals surface area contributed by atoms with E-state index in [0.29, 0.717) is 0 Å². The number of hydrogen-bond donors (Lipinski definition) is 0. The number of fused-ring (bicyclic) bond motifs is 5. The van der Waals surface area contributed by atoms with E-state index in [0.717, 1.165) is 0 Å². The van der Waals surface area contributed by atoms with Gasteiger partial charge in [0.2, 0.25) is 0 Å². The van der Waals surface area contributed by atoms with E-state index in [1.54, 1.807) is 0 Å². The number of hydrogen-bond acceptors (Lipinski definition) is 2. The summed E-state index contributed by atoms with van der Waals surface area (Å²) in [5.74, 6) is 0. The van der Waals surface area contributed by atoms with Crippen LogP contribution in [0.4, 0.5) is 0 Å². The first-order chi connectivity index (χ1) is 25.3. The number of para-hydroxylation sites is 1. The molecule has 0 saturated carbocycles. The van der Waals surface area contributed by atoms with Crippen LogP contribution in [0.5, 0.6) is 0 Å². The number of aromatic nitrogens is 1. The Kier molecular flexibility index (Phi) is 7.19. The second-order valence-corrected chi connectivity index (χ2v) is 15.3. The van der Waals surface area contributed by atoms with E-state index in [1.807, 2.05) is 23.5 Å². The van der Waals surface area contributed by atoms with Gasteiger partial charge in [0, 0.05) is 26.6 Å². The molecule has 0 N–H and O–H groups in total. The first-order valence-corrected chi connectivity index (χ1v) is 19.1. The number of rotatable bonds is 5. The van der Waals surface area contributed by atoms with Gasteiger partial charge in [-0.2, -0.15) is 0 Å². The predicted molar refractivity (Wildman–Crippen MR) is 211 cm³/mol. The second kappa shape index (κ2) is 12.1. The SMILES string of the molecule is c1ccc(-n2c3c(c4c2Sc2ccccc2C4(c2ccccc2)c2ccccc2)C(c2ccccc2)(c2ccccc2)c2ccccc2S3)cc1. The smallest absolute Gasteiger partial charge is 0.0904 e. The largest absolute Gasteiger partial charge is 0.298 e. The summed E-state index contributed by atoms with van der Waals surface area (Å²) in [5, 5.41) is 2.52. The van der Waals surface area contributed by atoms with Crippen LogP contribution < -0.4 is 0 Å². The number of nitrogens with zero attached hydrogens (tertiary/aromatic N) is 1. The molecule has 0 aliphatic carbocycles. The fourth-order valence-electron chi connectivity index (χ4n) is 8.72. The van der Waals surface area contributed by atoms with Gasteiger partial charge < -0.3 is 0 Å². The maximum atomic E-state index is 2.58. The van der Waals surface area contributed by atoms with E-state index < -0.39 is 10.8 Å². The minimum absolute atomic E-state index is 0.620. The Morgan fingerprint density at radius 2 is 0.608 bits per heavy atom. The molecule has 0 fully saturated rings. The minimum Gasteiger partial charge on any atom is -0.298 e. The average Bonchev–Trinajstić information content (AvgIpc) is 3.54. The van der Waals surface area contributed by atoms with Gasteiger partial charge in [-0.25, -0.2) is 0 Å². The monoisotopic (exact) mass is 687 g/mol. The van der Waals surface area contributed by atoms with Crippen LogP contribution in [-0.2, 0) is 10.8 Å². The van der Waals surface area contributed by atoms with Gasteiger partial charge in [0.1, 0.15) is 0 Å². The van der Waals surface area contributed by atoms with Crippen molar-refractivity contribution in [3.05, 3.63) is 245 Å². The van der Waals surface area contributed by atoms with Gasteiger partial charge in [-0.3, -0.25) is 4.57 Å². The summed E-state index contributed by atoms with van der Waals surface area (Å²) >= 11 is 3.82. The van der Waals surface area contributed by atoms with Crippen molar-refractivity contribution in [2.45, 2.75) is 30.7 Å². The molecule has 1 nitrogen and oxygen atoms in total. The molecule has 0 spiro atoms. The van der Waals surface area contributed by atoms with Gasteiger partial charge in [-0.1, -0.05) is 199 Å². The molecule has 7 aromatic carbocycles. The molecule has 2 aliphatic rings. The van der Waals surface area contributed by atoms with Crippen LogP contribution in [0.15, 0.2) is 220 Å². The molecular weight excluding hydrogens is 655 g/mol. The van der Waals surface area contributed by atoms with E-state index in [2.05, 4.69) is 205 Å². The van der Waals surface area contributed by atoms with Gasteiger partial charge in [0.15, 0.2) is 0 Å². The van der Waals surface area contributed by atoms with Crippen LogP contribution in [0.3, 0.4) is 0 Å². The maximum Gasteiger partial charge on any atom is 0.0904 e. The van der Waals surface area contributed by atoms with Gasteiger partial charge >= 0.3 is 0 Å². The van der Waals surface area contributed by atoms with Gasteiger partial charge in [-0.15, -0.1) is 0 Å². The molecule has 0 radical (unpaired) electrons. The third-order valence-corrected chi connectivity index (χ3v) is 13.0. The van der Waals surface area contributed by atoms with Crippen LogP contribution in [0.2, 0.25) is 0 Å². The number of benzene rings is 7. The van der Waals surface area contributed by atoms with Crippen LogP contribution in [-0.4, -0.2) is 4.57 Å². The quantitative estimate of drug-likeness (QED) is 0.177. The topological polar surface area (TPSA) is 4.93 Å². The molecular formula is C48H33NS2. The summed E-state index contributed by atoms with van der Waals surface area (Å²) in [6, 6.07) is 74.1. The van der Waals surface area contributed by atoms with Crippen molar-refractivity contribution >= 4 is 23.5 Å². The summed E-state index contributed by atoms with van der Waals surface area (Å²) in [7, 11) is 0. The van der Waals surface area contributed by atoms with Crippen molar-refractivity contribution in [3.63, 3.8) is 0 Å². The highest BCUT2D eigenvalue weighted by Gasteiger charge is 2.56. The Morgan fingerprint density at radius 1 is 0.314 bits per heavy atom. The van der Waals surface area contributed by atoms with Crippen LogP contribution in [0, 0.1) is 0 Å². The molecule has 1 aromatic heterocycles. The molecule has 0 saturated heterocycles. The third kappa shape index (κ3) is 4.32. The molecule has 3 heteroatoms. The lowest BCUT2D eigenvalue weighted by molar-refractivity contribution is 0.644. The summed E-state index contributed by atoms with van der Waals surface area (Å²) in [5.41, 5.74) is 10.3. The average molecular weight is 688 g/mol. The molecule has 3 heterocycles. The molecule has 8 aromatic rings. The van der Waals surface area contributed by atoms with Crippen LogP contribution >= 0.6 is 23.5 Å². The minimum atomic E-state index is -0.620.